The monoisotopic (exact) mass is 243 g/mol. The molecule has 2 unspecified atom stereocenters. The molecule has 1 saturated heterocycles. The van der Waals surface area contributed by atoms with Crippen LogP contribution in [0.5, 0.6) is 0 Å². The zero-order valence-electron chi connectivity index (χ0n) is 11.2. The van der Waals surface area contributed by atoms with Gasteiger partial charge in [0.25, 0.3) is 0 Å². The second-order valence-corrected chi connectivity index (χ2v) is 5.50. The van der Waals surface area contributed by atoms with E-state index in [0.717, 1.165) is 23.8 Å². The molecule has 1 aliphatic heterocycles. The van der Waals surface area contributed by atoms with Crippen LogP contribution in [-0.2, 0) is 0 Å². The first kappa shape index (κ1) is 11.8. The van der Waals surface area contributed by atoms with Crippen LogP contribution in [0.1, 0.15) is 43.6 Å². The van der Waals surface area contributed by atoms with Crippen molar-refractivity contribution in [3.05, 3.63) is 35.6 Å². The Labute approximate surface area is 108 Å². The molecule has 0 radical (unpaired) electrons. The van der Waals surface area contributed by atoms with Crippen molar-refractivity contribution in [2.45, 2.75) is 39.2 Å². The Hall–Kier alpha value is -1.28. The minimum absolute atomic E-state index is 0.399. The average molecular weight is 243 g/mol. The number of benzene rings is 1. The Morgan fingerprint density at radius 3 is 3.06 bits per heavy atom. The molecule has 1 fully saturated rings. The lowest BCUT2D eigenvalue weighted by molar-refractivity contribution is 0.274. The molecular formula is C16H21NO. The van der Waals surface area contributed by atoms with E-state index in [9.17, 15) is 0 Å². The lowest BCUT2D eigenvalue weighted by Crippen LogP contribution is -2.31. The number of furan rings is 1. The summed E-state index contributed by atoms with van der Waals surface area (Å²) in [6.45, 7) is 5.52. The average Bonchev–Trinajstić information content (AvgIpc) is 2.81. The molecule has 1 aliphatic rings. The number of rotatable bonds is 2. The fraction of sp³-hybridized carbons (Fsp3) is 0.500. The third-order valence-electron chi connectivity index (χ3n) is 4.12. The Kier molecular flexibility index (Phi) is 3.13. The predicted molar refractivity (Wildman–Crippen MR) is 74.7 cm³/mol. The summed E-state index contributed by atoms with van der Waals surface area (Å²) < 4.78 is 5.99. The van der Waals surface area contributed by atoms with Gasteiger partial charge in [-0.2, -0.15) is 0 Å². The lowest BCUT2D eigenvalue weighted by atomic mass is 9.89. The van der Waals surface area contributed by atoms with Crippen molar-refractivity contribution >= 4 is 11.0 Å². The van der Waals surface area contributed by atoms with E-state index in [4.69, 9.17) is 4.42 Å². The minimum atomic E-state index is 0.399. The maximum absolute atomic E-state index is 5.99. The first-order chi connectivity index (χ1) is 8.76. The first-order valence-electron chi connectivity index (χ1n) is 6.99. The molecular weight excluding hydrogens is 222 g/mol. The number of hydrogen-bond donors (Lipinski definition) is 1. The van der Waals surface area contributed by atoms with Crippen molar-refractivity contribution < 1.29 is 4.42 Å². The van der Waals surface area contributed by atoms with E-state index in [1.54, 1.807) is 0 Å². The lowest BCUT2D eigenvalue weighted by Gasteiger charge is -2.28. The van der Waals surface area contributed by atoms with E-state index >= 15 is 0 Å². The molecule has 2 atom stereocenters. The van der Waals surface area contributed by atoms with Crippen molar-refractivity contribution in [2.24, 2.45) is 5.92 Å². The summed E-state index contributed by atoms with van der Waals surface area (Å²) in [5, 5.41) is 4.81. The van der Waals surface area contributed by atoms with Gasteiger partial charge in [-0.05, 0) is 50.4 Å². The zero-order valence-corrected chi connectivity index (χ0v) is 11.2. The van der Waals surface area contributed by atoms with E-state index in [1.165, 1.54) is 30.2 Å². The fourth-order valence-corrected chi connectivity index (χ4v) is 2.94. The van der Waals surface area contributed by atoms with Gasteiger partial charge in [0.1, 0.15) is 11.3 Å². The van der Waals surface area contributed by atoms with Crippen LogP contribution >= 0.6 is 0 Å². The highest BCUT2D eigenvalue weighted by Gasteiger charge is 2.24. The third-order valence-corrected chi connectivity index (χ3v) is 4.12. The van der Waals surface area contributed by atoms with Gasteiger partial charge in [-0.25, -0.2) is 0 Å². The van der Waals surface area contributed by atoms with E-state index in [2.05, 4.69) is 43.4 Å². The summed E-state index contributed by atoms with van der Waals surface area (Å²) in [5.41, 5.74) is 2.30. The molecule has 1 N–H and O–H groups in total. The fourth-order valence-electron chi connectivity index (χ4n) is 2.94. The predicted octanol–water partition coefficient (Wildman–Crippen LogP) is 4.19. The normalized spacial score (nSPS) is 24.6. The molecule has 0 aliphatic carbocycles. The van der Waals surface area contributed by atoms with Crippen molar-refractivity contribution in [3.63, 3.8) is 0 Å². The second kappa shape index (κ2) is 4.77. The van der Waals surface area contributed by atoms with Crippen LogP contribution in [0, 0.1) is 12.8 Å². The van der Waals surface area contributed by atoms with Gasteiger partial charge >= 0.3 is 0 Å². The number of hydrogen-bond acceptors (Lipinski definition) is 2. The topological polar surface area (TPSA) is 25.2 Å². The molecule has 0 bridgehead atoms. The molecule has 1 aromatic heterocycles. The van der Waals surface area contributed by atoms with Crippen LogP contribution in [0.25, 0.3) is 11.0 Å². The molecule has 1 aromatic carbocycles. The molecule has 18 heavy (non-hydrogen) atoms. The Morgan fingerprint density at radius 2 is 2.22 bits per heavy atom. The molecule has 0 saturated carbocycles. The van der Waals surface area contributed by atoms with Crippen LogP contribution < -0.4 is 5.32 Å². The van der Waals surface area contributed by atoms with Crippen molar-refractivity contribution in [1.82, 2.24) is 5.32 Å². The van der Waals surface area contributed by atoms with Crippen molar-refractivity contribution in [1.29, 1.82) is 0 Å². The molecule has 2 heteroatoms. The summed E-state index contributed by atoms with van der Waals surface area (Å²) >= 11 is 0. The highest BCUT2D eigenvalue weighted by Crippen LogP contribution is 2.32. The molecule has 2 nitrogen and oxygen atoms in total. The molecule has 2 heterocycles. The molecule has 2 aromatic rings. The molecule has 0 spiro atoms. The van der Waals surface area contributed by atoms with Gasteiger partial charge in [0.15, 0.2) is 0 Å². The summed E-state index contributed by atoms with van der Waals surface area (Å²) in [6.07, 6.45) is 3.78. The maximum atomic E-state index is 5.99. The maximum Gasteiger partial charge on any atom is 0.134 e. The van der Waals surface area contributed by atoms with Crippen LogP contribution in [0.15, 0.2) is 28.7 Å². The van der Waals surface area contributed by atoms with Gasteiger partial charge in [0, 0.05) is 5.39 Å². The summed E-state index contributed by atoms with van der Waals surface area (Å²) in [4.78, 5) is 0. The van der Waals surface area contributed by atoms with E-state index in [0.29, 0.717) is 6.04 Å². The van der Waals surface area contributed by atoms with Crippen LogP contribution in [0.4, 0.5) is 0 Å². The van der Waals surface area contributed by atoms with Crippen LogP contribution in [0.2, 0.25) is 0 Å². The van der Waals surface area contributed by atoms with Gasteiger partial charge < -0.3 is 9.73 Å². The highest BCUT2D eigenvalue weighted by atomic mass is 16.3. The number of nitrogens with one attached hydrogen (secondary N) is 1. The second-order valence-electron chi connectivity index (χ2n) is 5.50. The smallest absolute Gasteiger partial charge is 0.134 e. The standard InChI is InChI=1S/C16H21NO/c1-3-12-6-7-17-14(9-12)16-10-13-8-11(2)4-5-15(13)18-16/h4-5,8,10,12,14,17H,3,6-7,9H2,1-2H3. The minimum Gasteiger partial charge on any atom is -0.459 e. The SMILES string of the molecule is CCC1CCNC(c2cc3cc(C)ccc3o2)C1. The van der Waals surface area contributed by atoms with Gasteiger partial charge in [0.2, 0.25) is 0 Å². The first-order valence-corrected chi connectivity index (χ1v) is 6.99. The number of piperidine rings is 1. The molecule has 0 amide bonds. The van der Waals surface area contributed by atoms with Crippen molar-refractivity contribution in [2.75, 3.05) is 6.54 Å². The zero-order chi connectivity index (χ0) is 12.5. The highest BCUT2D eigenvalue weighted by molar-refractivity contribution is 5.78. The summed E-state index contributed by atoms with van der Waals surface area (Å²) in [6, 6.07) is 8.99. The Morgan fingerprint density at radius 1 is 1.33 bits per heavy atom. The van der Waals surface area contributed by atoms with E-state index in [-0.39, 0.29) is 0 Å². The Balaban J connectivity index is 1.89. The third kappa shape index (κ3) is 2.17. The summed E-state index contributed by atoms with van der Waals surface area (Å²) in [5.74, 6) is 1.94. The quantitative estimate of drug-likeness (QED) is 0.855. The Bertz CT molecular complexity index is 543. The number of fused-ring (bicyclic) bond motifs is 1. The van der Waals surface area contributed by atoms with Crippen molar-refractivity contribution in [3.8, 4) is 0 Å². The van der Waals surface area contributed by atoms with Crippen LogP contribution in [0.3, 0.4) is 0 Å². The summed E-state index contributed by atoms with van der Waals surface area (Å²) in [7, 11) is 0. The van der Waals surface area contributed by atoms with Gasteiger partial charge in [0.05, 0.1) is 6.04 Å². The largest absolute Gasteiger partial charge is 0.459 e. The van der Waals surface area contributed by atoms with E-state index < -0.39 is 0 Å². The van der Waals surface area contributed by atoms with Gasteiger partial charge in [-0.3, -0.25) is 0 Å². The van der Waals surface area contributed by atoms with Gasteiger partial charge in [-0.1, -0.05) is 25.0 Å². The molecule has 96 valence electrons. The van der Waals surface area contributed by atoms with E-state index in [1.807, 2.05) is 0 Å². The van der Waals surface area contributed by atoms with Crippen LogP contribution in [-0.4, -0.2) is 6.54 Å². The van der Waals surface area contributed by atoms with Gasteiger partial charge in [-0.15, -0.1) is 0 Å². The number of aryl methyl sites for hydroxylation is 1. The molecule has 3 rings (SSSR count).